The number of carbonyl (C=O) groups is 1. The maximum atomic E-state index is 12.2. The van der Waals surface area contributed by atoms with Crippen LogP contribution in [0, 0.1) is 25.2 Å². The van der Waals surface area contributed by atoms with Crippen LogP contribution in [0.3, 0.4) is 0 Å². The average Bonchev–Trinajstić information content (AvgIpc) is 2.90. The van der Waals surface area contributed by atoms with E-state index in [0.29, 0.717) is 21.6 Å². The molecule has 0 saturated carbocycles. The Hall–Kier alpha value is -3.31. The Kier molecular flexibility index (Phi) is 4.91. The Morgan fingerprint density at radius 1 is 1.38 bits per heavy atom. The quantitative estimate of drug-likeness (QED) is 0.545. The summed E-state index contributed by atoms with van der Waals surface area (Å²) in [5, 5.41) is 13.2. The topological polar surface area (TPSA) is 111 Å². The van der Waals surface area contributed by atoms with E-state index >= 15 is 0 Å². The fraction of sp³-hybridized carbons (Fsp3) is 0.167. The predicted molar refractivity (Wildman–Crippen MR) is 100 cm³/mol. The molecule has 0 bridgehead atoms. The molecule has 1 aromatic carbocycles. The zero-order chi connectivity index (χ0) is 18.7. The number of H-pyrrole nitrogens is 1. The highest BCUT2D eigenvalue weighted by atomic mass is 32.1. The van der Waals surface area contributed by atoms with Gasteiger partial charge in [0.15, 0.2) is 0 Å². The van der Waals surface area contributed by atoms with E-state index in [1.165, 1.54) is 17.6 Å². The molecule has 2 heterocycles. The molecule has 1 amide bonds. The Morgan fingerprint density at radius 2 is 2.12 bits per heavy atom. The minimum Gasteiger partial charge on any atom is -0.309 e. The van der Waals surface area contributed by atoms with Crippen molar-refractivity contribution in [2.75, 3.05) is 0 Å². The number of aryl methyl sites for hydroxylation is 2. The van der Waals surface area contributed by atoms with Gasteiger partial charge >= 0.3 is 0 Å². The van der Waals surface area contributed by atoms with Gasteiger partial charge in [0.05, 0.1) is 29.7 Å². The zero-order valence-corrected chi connectivity index (χ0v) is 15.0. The number of aromatic nitrogens is 2. The first kappa shape index (κ1) is 17.5. The van der Waals surface area contributed by atoms with E-state index in [9.17, 15) is 9.59 Å². The number of nitrogens with zero attached hydrogens (tertiary/aromatic N) is 3. The van der Waals surface area contributed by atoms with Crippen LogP contribution in [0.1, 0.15) is 27.4 Å². The van der Waals surface area contributed by atoms with E-state index in [1.807, 2.05) is 19.9 Å². The summed E-state index contributed by atoms with van der Waals surface area (Å²) in [5.41, 5.74) is 4.39. The summed E-state index contributed by atoms with van der Waals surface area (Å²) in [6.07, 6.45) is 1.40. The highest BCUT2D eigenvalue weighted by molar-refractivity contribution is 7.18. The minimum absolute atomic E-state index is 0.0775. The standard InChI is InChI=1S/C18H15N5O2S/c1-10-11(2)26-18-16(10)17(25)21-14(22-18)7-15(24)23-20-9-13-5-3-12(8-19)4-6-13/h3-6,9H,7H2,1-2H3,(H,23,24)(H,21,22,25)/b20-9-. The molecule has 3 rings (SSSR count). The largest absolute Gasteiger partial charge is 0.309 e. The number of hydrazone groups is 1. The number of benzene rings is 1. The lowest BCUT2D eigenvalue weighted by Gasteiger charge is -2.01. The molecule has 0 aliphatic rings. The van der Waals surface area contributed by atoms with Crippen LogP contribution in [0.15, 0.2) is 34.2 Å². The number of carbonyl (C=O) groups excluding carboxylic acids is 1. The molecule has 26 heavy (non-hydrogen) atoms. The lowest BCUT2D eigenvalue weighted by atomic mass is 10.2. The van der Waals surface area contributed by atoms with Gasteiger partial charge in [0.2, 0.25) is 5.91 Å². The second-order valence-corrected chi connectivity index (χ2v) is 6.88. The van der Waals surface area contributed by atoms with Gasteiger partial charge in [0.1, 0.15) is 10.7 Å². The van der Waals surface area contributed by atoms with Crippen LogP contribution < -0.4 is 11.0 Å². The number of hydrogen-bond donors (Lipinski definition) is 2. The highest BCUT2D eigenvalue weighted by Gasteiger charge is 2.13. The van der Waals surface area contributed by atoms with Crippen LogP contribution in [0.2, 0.25) is 0 Å². The van der Waals surface area contributed by atoms with Gasteiger partial charge in [-0.05, 0) is 37.1 Å². The average molecular weight is 365 g/mol. The minimum atomic E-state index is -0.387. The number of aromatic amines is 1. The summed E-state index contributed by atoms with van der Waals surface area (Å²) in [6.45, 7) is 3.82. The molecule has 0 aliphatic carbocycles. The number of fused-ring (bicyclic) bond motifs is 1. The lowest BCUT2D eigenvalue weighted by molar-refractivity contribution is -0.120. The third-order valence-corrected chi connectivity index (χ3v) is 4.96. The third kappa shape index (κ3) is 3.68. The Morgan fingerprint density at radius 3 is 2.81 bits per heavy atom. The monoisotopic (exact) mass is 365 g/mol. The van der Waals surface area contributed by atoms with Crippen LogP contribution in [0.4, 0.5) is 0 Å². The van der Waals surface area contributed by atoms with Gasteiger partial charge in [0.25, 0.3) is 5.56 Å². The number of hydrogen-bond acceptors (Lipinski definition) is 6. The number of nitrogens with one attached hydrogen (secondary N) is 2. The van der Waals surface area contributed by atoms with Gasteiger partial charge in [-0.25, -0.2) is 10.4 Å². The van der Waals surface area contributed by atoms with Crippen LogP contribution in [-0.2, 0) is 11.2 Å². The maximum absolute atomic E-state index is 12.2. The molecular formula is C18H15N5O2S. The van der Waals surface area contributed by atoms with Crippen molar-refractivity contribution in [2.45, 2.75) is 20.3 Å². The SMILES string of the molecule is Cc1sc2nc(CC(=O)N/N=C\c3ccc(C#N)cc3)[nH]c(=O)c2c1C. The van der Waals surface area contributed by atoms with Gasteiger partial charge in [0, 0.05) is 4.88 Å². The highest BCUT2D eigenvalue weighted by Crippen LogP contribution is 2.25. The van der Waals surface area contributed by atoms with Gasteiger partial charge in [-0.1, -0.05) is 12.1 Å². The van der Waals surface area contributed by atoms with Crippen molar-refractivity contribution in [3.8, 4) is 6.07 Å². The first-order valence-electron chi connectivity index (χ1n) is 7.79. The number of rotatable bonds is 4. The molecule has 0 radical (unpaired) electrons. The van der Waals surface area contributed by atoms with E-state index in [0.717, 1.165) is 16.0 Å². The molecule has 2 aromatic heterocycles. The molecule has 0 aliphatic heterocycles. The van der Waals surface area contributed by atoms with Crippen molar-refractivity contribution >= 4 is 33.7 Å². The first-order valence-corrected chi connectivity index (χ1v) is 8.60. The van der Waals surface area contributed by atoms with E-state index < -0.39 is 0 Å². The molecule has 2 N–H and O–H groups in total. The third-order valence-electron chi connectivity index (χ3n) is 3.86. The Bertz CT molecular complexity index is 1100. The summed E-state index contributed by atoms with van der Waals surface area (Å²) in [6, 6.07) is 8.81. The van der Waals surface area contributed by atoms with Crippen molar-refractivity contribution < 1.29 is 4.79 Å². The van der Waals surface area contributed by atoms with Crippen molar-refractivity contribution in [3.63, 3.8) is 0 Å². The molecular weight excluding hydrogens is 350 g/mol. The van der Waals surface area contributed by atoms with E-state index in [4.69, 9.17) is 5.26 Å². The van der Waals surface area contributed by atoms with Gasteiger partial charge in [-0.3, -0.25) is 9.59 Å². The van der Waals surface area contributed by atoms with E-state index in [1.54, 1.807) is 24.3 Å². The smallest absolute Gasteiger partial charge is 0.259 e. The number of nitriles is 1. The van der Waals surface area contributed by atoms with Gasteiger partial charge < -0.3 is 4.98 Å². The molecule has 7 nitrogen and oxygen atoms in total. The van der Waals surface area contributed by atoms with Crippen molar-refractivity contribution in [1.82, 2.24) is 15.4 Å². The molecule has 0 unspecified atom stereocenters. The summed E-state index contributed by atoms with van der Waals surface area (Å²) in [7, 11) is 0. The van der Waals surface area contributed by atoms with Crippen LogP contribution in [0.25, 0.3) is 10.2 Å². The summed E-state index contributed by atoms with van der Waals surface area (Å²) in [5.74, 6) is -0.0859. The molecule has 0 spiro atoms. The molecule has 130 valence electrons. The summed E-state index contributed by atoms with van der Waals surface area (Å²) < 4.78 is 0. The van der Waals surface area contributed by atoms with Crippen LogP contribution in [-0.4, -0.2) is 22.1 Å². The predicted octanol–water partition coefficient (Wildman–Crippen LogP) is 2.17. The second-order valence-electron chi connectivity index (χ2n) is 5.68. The van der Waals surface area contributed by atoms with Gasteiger partial charge in [-0.15, -0.1) is 11.3 Å². The molecule has 0 atom stereocenters. The fourth-order valence-electron chi connectivity index (χ4n) is 2.40. The molecule has 0 saturated heterocycles. The fourth-order valence-corrected chi connectivity index (χ4v) is 3.45. The van der Waals surface area contributed by atoms with E-state index in [2.05, 4.69) is 20.5 Å². The van der Waals surface area contributed by atoms with Crippen LogP contribution in [0.5, 0.6) is 0 Å². The van der Waals surface area contributed by atoms with Crippen LogP contribution >= 0.6 is 11.3 Å². The van der Waals surface area contributed by atoms with Crippen molar-refractivity contribution in [1.29, 1.82) is 5.26 Å². The molecule has 8 heteroatoms. The Balaban J connectivity index is 1.68. The summed E-state index contributed by atoms with van der Waals surface area (Å²) >= 11 is 1.44. The van der Waals surface area contributed by atoms with Crippen molar-refractivity contribution in [2.24, 2.45) is 5.10 Å². The van der Waals surface area contributed by atoms with E-state index in [-0.39, 0.29) is 17.9 Å². The molecule has 0 fully saturated rings. The number of thiophene rings is 1. The summed E-state index contributed by atoms with van der Waals surface area (Å²) in [4.78, 5) is 32.9. The first-order chi connectivity index (χ1) is 12.5. The zero-order valence-electron chi connectivity index (χ0n) is 14.2. The normalized spacial score (nSPS) is 11.0. The van der Waals surface area contributed by atoms with Crippen molar-refractivity contribution in [3.05, 3.63) is 62.0 Å². The molecule has 3 aromatic rings. The Labute approximate surface area is 153 Å². The lowest BCUT2D eigenvalue weighted by Crippen LogP contribution is -2.23. The van der Waals surface area contributed by atoms with Gasteiger partial charge in [-0.2, -0.15) is 10.4 Å². The maximum Gasteiger partial charge on any atom is 0.259 e. The number of amides is 1. The second kappa shape index (κ2) is 7.29.